The second kappa shape index (κ2) is 8.72. The van der Waals surface area contributed by atoms with Crippen molar-refractivity contribution in [1.29, 1.82) is 0 Å². The lowest BCUT2D eigenvalue weighted by atomic mass is 10.1. The van der Waals surface area contributed by atoms with Crippen LogP contribution in [0.1, 0.15) is 21.5 Å². The molecule has 2 rings (SSSR count). The number of esters is 1. The molecule has 1 N–H and O–H groups in total. The first kappa shape index (κ1) is 21.9. The number of rotatable bonds is 6. The van der Waals surface area contributed by atoms with E-state index in [1.807, 2.05) is 26.0 Å². The van der Waals surface area contributed by atoms with E-state index in [1.54, 1.807) is 6.07 Å². The number of sulfonamides is 1. The summed E-state index contributed by atoms with van der Waals surface area (Å²) in [5.74, 6) is -1.42. The number of halogens is 1. The molecule has 0 radical (unpaired) electrons. The minimum absolute atomic E-state index is 0.0253. The number of benzene rings is 2. The summed E-state index contributed by atoms with van der Waals surface area (Å²) in [7, 11) is -0.994. The number of ether oxygens (including phenoxy) is 1. The molecule has 7 nitrogen and oxygen atoms in total. The maximum Gasteiger partial charge on any atom is 0.340 e. The van der Waals surface area contributed by atoms with E-state index in [-0.39, 0.29) is 15.5 Å². The van der Waals surface area contributed by atoms with Crippen LogP contribution < -0.4 is 5.32 Å². The molecule has 28 heavy (non-hydrogen) atoms. The predicted octanol–water partition coefficient (Wildman–Crippen LogP) is 3.00. The summed E-state index contributed by atoms with van der Waals surface area (Å²) >= 11 is 5.99. The van der Waals surface area contributed by atoms with Crippen molar-refractivity contribution in [2.75, 3.05) is 26.0 Å². The number of carbonyl (C=O) groups excluding carboxylic acids is 2. The third kappa shape index (κ3) is 5.09. The molecule has 2 aromatic carbocycles. The van der Waals surface area contributed by atoms with E-state index in [4.69, 9.17) is 16.3 Å². The average Bonchev–Trinajstić information content (AvgIpc) is 2.63. The maximum absolute atomic E-state index is 12.3. The second-order valence-corrected chi connectivity index (χ2v) is 8.91. The van der Waals surface area contributed by atoms with Gasteiger partial charge in [0.25, 0.3) is 5.91 Å². The Balaban J connectivity index is 2.08. The number of aryl methyl sites for hydroxylation is 2. The molecule has 0 aliphatic heterocycles. The lowest BCUT2D eigenvalue weighted by Gasteiger charge is -2.13. The van der Waals surface area contributed by atoms with Gasteiger partial charge in [-0.05, 0) is 55.3 Å². The molecule has 0 atom stereocenters. The van der Waals surface area contributed by atoms with Crippen LogP contribution in [0, 0.1) is 13.8 Å². The van der Waals surface area contributed by atoms with Gasteiger partial charge in [0.15, 0.2) is 6.61 Å². The SMILES string of the molecule is Cc1ccc(NC(=O)COC(=O)c2cc(S(=O)(=O)N(C)C)ccc2Cl)cc1C. The summed E-state index contributed by atoms with van der Waals surface area (Å²) < 4.78 is 30.4. The van der Waals surface area contributed by atoms with Crippen LogP contribution in [0.2, 0.25) is 5.02 Å². The van der Waals surface area contributed by atoms with E-state index in [9.17, 15) is 18.0 Å². The number of anilines is 1. The third-order valence-electron chi connectivity index (χ3n) is 4.06. The predicted molar refractivity (Wildman–Crippen MR) is 107 cm³/mol. The average molecular weight is 425 g/mol. The molecule has 1 amide bonds. The zero-order chi connectivity index (χ0) is 21.1. The Morgan fingerprint density at radius 2 is 1.75 bits per heavy atom. The highest BCUT2D eigenvalue weighted by molar-refractivity contribution is 7.89. The minimum Gasteiger partial charge on any atom is -0.452 e. The van der Waals surface area contributed by atoms with Crippen LogP contribution in [0.15, 0.2) is 41.3 Å². The molecule has 0 spiro atoms. The number of nitrogens with zero attached hydrogens (tertiary/aromatic N) is 1. The fourth-order valence-electron chi connectivity index (χ4n) is 2.26. The van der Waals surface area contributed by atoms with Gasteiger partial charge in [0, 0.05) is 19.8 Å². The first-order valence-electron chi connectivity index (χ1n) is 8.28. The fourth-order valence-corrected chi connectivity index (χ4v) is 3.38. The summed E-state index contributed by atoms with van der Waals surface area (Å²) in [5.41, 5.74) is 2.55. The number of hydrogen-bond acceptors (Lipinski definition) is 5. The first-order chi connectivity index (χ1) is 13.0. The molecule has 0 aromatic heterocycles. The van der Waals surface area contributed by atoms with Crippen molar-refractivity contribution in [1.82, 2.24) is 4.31 Å². The van der Waals surface area contributed by atoms with Gasteiger partial charge in [0.05, 0.1) is 15.5 Å². The van der Waals surface area contributed by atoms with Crippen molar-refractivity contribution in [3.8, 4) is 0 Å². The molecule has 9 heteroatoms. The summed E-state index contributed by atoms with van der Waals surface area (Å²) in [4.78, 5) is 24.2. The van der Waals surface area contributed by atoms with Gasteiger partial charge in [-0.25, -0.2) is 17.5 Å². The van der Waals surface area contributed by atoms with Gasteiger partial charge < -0.3 is 10.1 Å². The van der Waals surface area contributed by atoms with E-state index in [2.05, 4.69) is 5.32 Å². The quantitative estimate of drug-likeness (QED) is 0.719. The van der Waals surface area contributed by atoms with E-state index >= 15 is 0 Å². The van der Waals surface area contributed by atoms with Crippen LogP contribution in [-0.2, 0) is 19.6 Å². The molecule has 0 aliphatic rings. The largest absolute Gasteiger partial charge is 0.452 e. The third-order valence-corrected chi connectivity index (χ3v) is 6.20. The van der Waals surface area contributed by atoms with Crippen LogP contribution in [0.5, 0.6) is 0 Å². The lowest BCUT2D eigenvalue weighted by molar-refractivity contribution is -0.119. The summed E-state index contributed by atoms with van der Waals surface area (Å²) in [6.45, 7) is 3.34. The zero-order valence-corrected chi connectivity index (χ0v) is 17.5. The van der Waals surface area contributed by atoms with E-state index in [0.29, 0.717) is 5.69 Å². The minimum atomic E-state index is -3.74. The topological polar surface area (TPSA) is 92.8 Å². The van der Waals surface area contributed by atoms with Gasteiger partial charge in [0.1, 0.15) is 0 Å². The lowest BCUT2D eigenvalue weighted by Crippen LogP contribution is -2.23. The summed E-state index contributed by atoms with van der Waals surface area (Å²) in [6, 6.07) is 9.13. The molecule has 0 unspecified atom stereocenters. The van der Waals surface area contributed by atoms with Crippen LogP contribution in [0.25, 0.3) is 0 Å². The van der Waals surface area contributed by atoms with Crippen molar-refractivity contribution >= 4 is 39.2 Å². The Kier molecular flexibility index (Phi) is 6.82. The van der Waals surface area contributed by atoms with Gasteiger partial charge >= 0.3 is 5.97 Å². The van der Waals surface area contributed by atoms with Crippen molar-refractivity contribution < 1.29 is 22.7 Å². The van der Waals surface area contributed by atoms with Crippen LogP contribution >= 0.6 is 11.6 Å². The molecule has 0 saturated heterocycles. The van der Waals surface area contributed by atoms with Crippen molar-refractivity contribution in [2.45, 2.75) is 18.7 Å². The normalized spacial score (nSPS) is 11.4. The Bertz CT molecular complexity index is 1020. The standard InChI is InChI=1S/C19H21ClN2O5S/c1-12-5-6-14(9-13(12)2)21-18(23)11-27-19(24)16-10-15(7-8-17(16)20)28(25,26)22(3)4/h5-10H,11H2,1-4H3,(H,21,23). The molecular weight excluding hydrogens is 404 g/mol. The molecule has 0 fully saturated rings. The summed E-state index contributed by atoms with van der Waals surface area (Å²) in [6.07, 6.45) is 0. The van der Waals surface area contributed by atoms with Crippen LogP contribution in [-0.4, -0.2) is 45.3 Å². The number of hydrogen-bond donors (Lipinski definition) is 1. The van der Waals surface area contributed by atoms with E-state index in [1.165, 1.54) is 26.2 Å². The number of nitrogens with one attached hydrogen (secondary N) is 1. The molecule has 2 aromatic rings. The molecule has 150 valence electrons. The van der Waals surface area contributed by atoms with Gasteiger partial charge in [-0.15, -0.1) is 0 Å². The number of amides is 1. The fraction of sp³-hybridized carbons (Fsp3) is 0.263. The smallest absolute Gasteiger partial charge is 0.340 e. The Morgan fingerprint density at radius 3 is 2.36 bits per heavy atom. The van der Waals surface area contributed by atoms with Crippen LogP contribution in [0.3, 0.4) is 0 Å². The molecule has 0 bridgehead atoms. The van der Waals surface area contributed by atoms with E-state index in [0.717, 1.165) is 21.5 Å². The zero-order valence-electron chi connectivity index (χ0n) is 15.9. The Hall–Kier alpha value is -2.42. The van der Waals surface area contributed by atoms with Gasteiger partial charge in [-0.2, -0.15) is 0 Å². The monoisotopic (exact) mass is 424 g/mol. The van der Waals surface area contributed by atoms with Crippen molar-refractivity contribution in [3.63, 3.8) is 0 Å². The second-order valence-electron chi connectivity index (χ2n) is 6.35. The van der Waals surface area contributed by atoms with Gasteiger partial charge in [-0.3, -0.25) is 4.79 Å². The Labute approximate surface area is 169 Å². The molecule has 0 heterocycles. The molecule has 0 saturated carbocycles. The van der Waals surface area contributed by atoms with E-state index < -0.39 is 28.5 Å². The van der Waals surface area contributed by atoms with Crippen LogP contribution in [0.4, 0.5) is 5.69 Å². The van der Waals surface area contributed by atoms with Crippen molar-refractivity contribution in [2.24, 2.45) is 0 Å². The molecule has 0 aliphatic carbocycles. The highest BCUT2D eigenvalue weighted by Gasteiger charge is 2.22. The first-order valence-corrected chi connectivity index (χ1v) is 10.1. The van der Waals surface area contributed by atoms with Gasteiger partial charge in [-0.1, -0.05) is 17.7 Å². The van der Waals surface area contributed by atoms with Gasteiger partial charge in [0.2, 0.25) is 10.0 Å². The van der Waals surface area contributed by atoms with Crippen molar-refractivity contribution in [3.05, 3.63) is 58.1 Å². The number of carbonyl (C=O) groups is 2. The molecular formula is C19H21ClN2O5S. The maximum atomic E-state index is 12.3. The highest BCUT2D eigenvalue weighted by Crippen LogP contribution is 2.23. The Morgan fingerprint density at radius 1 is 1.07 bits per heavy atom. The highest BCUT2D eigenvalue weighted by atomic mass is 35.5. The summed E-state index contributed by atoms with van der Waals surface area (Å²) in [5, 5.41) is 2.66.